The zero-order valence-electron chi connectivity index (χ0n) is 14.2. The van der Waals surface area contributed by atoms with E-state index in [1.54, 1.807) is 30.3 Å². The molecule has 1 aromatic carbocycles. The van der Waals surface area contributed by atoms with E-state index in [1.807, 2.05) is 5.38 Å². The smallest absolute Gasteiger partial charge is 0.228 e. The summed E-state index contributed by atoms with van der Waals surface area (Å²) < 4.78 is 5.38. The van der Waals surface area contributed by atoms with Crippen molar-refractivity contribution in [3.8, 4) is 10.6 Å². The maximum Gasteiger partial charge on any atom is 0.228 e. The van der Waals surface area contributed by atoms with Gasteiger partial charge in [0.1, 0.15) is 5.01 Å². The number of benzene rings is 1. The van der Waals surface area contributed by atoms with Gasteiger partial charge < -0.3 is 9.64 Å². The number of morpholine rings is 1. The summed E-state index contributed by atoms with van der Waals surface area (Å²) in [5.41, 5.74) is 3.25. The van der Waals surface area contributed by atoms with Crippen LogP contribution >= 0.6 is 11.3 Å². The van der Waals surface area contributed by atoms with Crippen molar-refractivity contribution in [3.63, 3.8) is 0 Å². The molecule has 2 aromatic rings. The van der Waals surface area contributed by atoms with Gasteiger partial charge in [-0.2, -0.15) is 0 Å². The van der Waals surface area contributed by atoms with Crippen LogP contribution in [-0.4, -0.2) is 61.1 Å². The molecular formula is C18H23N3O2S. The van der Waals surface area contributed by atoms with Gasteiger partial charge in [-0.1, -0.05) is 24.3 Å². The summed E-state index contributed by atoms with van der Waals surface area (Å²) >= 11 is 1.59. The average molecular weight is 345 g/mol. The fourth-order valence-electron chi connectivity index (χ4n) is 2.60. The minimum absolute atomic E-state index is 0.0766. The van der Waals surface area contributed by atoms with Gasteiger partial charge in [0.2, 0.25) is 5.91 Å². The zero-order chi connectivity index (χ0) is 16.9. The Kier molecular flexibility index (Phi) is 5.60. The van der Waals surface area contributed by atoms with Crippen molar-refractivity contribution in [2.75, 3.05) is 40.4 Å². The Morgan fingerprint density at radius 2 is 1.96 bits per heavy atom. The van der Waals surface area contributed by atoms with Crippen molar-refractivity contribution >= 4 is 17.2 Å². The lowest BCUT2D eigenvalue weighted by Gasteiger charge is -2.26. The van der Waals surface area contributed by atoms with Gasteiger partial charge in [-0.15, -0.1) is 11.3 Å². The molecule has 1 aliphatic rings. The van der Waals surface area contributed by atoms with Crippen molar-refractivity contribution in [1.29, 1.82) is 0 Å². The van der Waals surface area contributed by atoms with E-state index in [0.29, 0.717) is 6.42 Å². The molecule has 1 saturated heterocycles. The fourth-order valence-corrected chi connectivity index (χ4v) is 3.43. The number of carbonyl (C=O) groups is 1. The molecule has 128 valence electrons. The maximum atomic E-state index is 11.8. The second kappa shape index (κ2) is 7.88. The monoisotopic (exact) mass is 345 g/mol. The summed E-state index contributed by atoms with van der Waals surface area (Å²) in [6.45, 7) is 4.61. The molecule has 1 aliphatic heterocycles. The Balaban J connectivity index is 1.63. The van der Waals surface area contributed by atoms with Crippen LogP contribution in [0.2, 0.25) is 0 Å². The second-order valence-corrected chi connectivity index (χ2v) is 7.05. The minimum Gasteiger partial charge on any atom is -0.379 e. The summed E-state index contributed by atoms with van der Waals surface area (Å²) in [5.74, 6) is 0.0766. The molecule has 1 aromatic heterocycles. The van der Waals surface area contributed by atoms with Crippen molar-refractivity contribution in [1.82, 2.24) is 14.8 Å². The van der Waals surface area contributed by atoms with Gasteiger partial charge in [0.15, 0.2) is 0 Å². The topological polar surface area (TPSA) is 45.7 Å². The predicted octanol–water partition coefficient (Wildman–Crippen LogP) is 2.27. The highest BCUT2D eigenvalue weighted by Crippen LogP contribution is 2.24. The van der Waals surface area contributed by atoms with E-state index in [9.17, 15) is 4.79 Å². The molecule has 3 rings (SSSR count). The molecule has 5 nitrogen and oxygen atoms in total. The number of ether oxygens (including phenoxy) is 1. The highest BCUT2D eigenvalue weighted by Gasteiger charge is 2.12. The van der Waals surface area contributed by atoms with Crippen LogP contribution in [0, 0.1) is 0 Å². The predicted molar refractivity (Wildman–Crippen MR) is 96.0 cm³/mol. The molecular weight excluding hydrogens is 322 g/mol. The van der Waals surface area contributed by atoms with Crippen molar-refractivity contribution in [3.05, 3.63) is 40.9 Å². The molecule has 0 N–H and O–H groups in total. The molecule has 6 heteroatoms. The van der Waals surface area contributed by atoms with Crippen LogP contribution < -0.4 is 0 Å². The Morgan fingerprint density at radius 3 is 2.62 bits per heavy atom. The largest absolute Gasteiger partial charge is 0.379 e. The number of hydrogen-bond donors (Lipinski definition) is 0. The van der Waals surface area contributed by atoms with Crippen LogP contribution in [0.1, 0.15) is 11.3 Å². The van der Waals surface area contributed by atoms with Gasteiger partial charge in [0.25, 0.3) is 0 Å². The van der Waals surface area contributed by atoms with Gasteiger partial charge in [0, 0.05) is 44.7 Å². The fraction of sp³-hybridized carbons (Fsp3) is 0.444. The first kappa shape index (κ1) is 17.1. The molecule has 0 unspecified atom stereocenters. The second-order valence-electron chi connectivity index (χ2n) is 6.19. The zero-order valence-corrected chi connectivity index (χ0v) is 15.0. The molecule has 0 spiro atoms. The maximum absolute atomic E-state index is 11.8. The third-order valence-electron chi connectivity index (χ3n) is 4.09. The van der Waals surface area contributed by atoms with Crippen LogP contribution in [0.25, 0.3) is 10.6 Å². The summed E-state index contributed by atoms with van der Waals surface area (Å²) in [4.78, 5) is 20.4. The molecule has 0 bridgehead atoms. The highest BCUT2D eigenvalue weighted by atomic mass is 32.1. The quantitative estimate of drug-likeness (QED) is 0.834. The number of nitrogens with zero attached hydrogens (tertiary/aromatic N) is 3. The van der Waals surface area contributed by atoms with E-state index in [-0.39, 0.29) is 5.91 Å². The summed E-state index contributed by atoms with van der Waals surface area (Å²) in [5, 5.41) is 2.94. The number of carbonyl (C=O) groups excluding carboxylic acids is 1. The molecule has 0 radical (unpaired) electrons. The number of thiazole rings is 1. The minimum atomic E-state index is 0.0766. The van der Waals surface area contributed by atoms with Gasteiger partial charge in [-0.3, -0.25) is 9.69 Å². The Bertz CT molecular complexity index is 676. The Labute approximate surface area is 146 Å². The van der Waals surface area contributed by atoms with Crippen LogP contribution in [0.4, 0.5) is 0 Å². The van der Waals surface area contributed by atoms with Crippen molar-refractivity contribution < 1.29 is 9.53 Å². The number of rotatable bonds is 5. The van der Waals surface area contributed by atoms with E-state index in [1.165, 1.54) is 5.56 Å². The first-order chi connectivity index (χ1) is 11.6. The third-order valence-corrected chi connectivity index (χ3v) is 5.03. The van der Waals surface area contributed by atoms with E-state index < -0.39 is 0 Å². The van der Waals surface area contributed by atoms with Crippen LogP contribution in [0.3, 0.4) is 0 Å². The molecule has 24 heavy (non-hydrogen) atoms. The van der Waals surface area contributed by atoms with Gasteiger partial charge in [0.05, 0.1) is 25.3 Å². The van der Waals surface area contributed by atoms with E-state index >= 15 is 0 Å². The highest BCUT2D eigenvalue weighted by molar-refractivity contribution is 7.13. The Hall–Kier alpha value is -1.76. The molecule has 0 atom stereocenters. The molecule has 1 fully saturated rings. The average Bonchev–Trinajstić information content (AvgIpc) is 3.05. The SMILES string of the molecule is CN(C)C(=O)Cc1csc(-c2ccc(CN3CCOCC3)cc2)n1. The summed E-state index contributed by atoms with van der Waals surface area (Å²) in [6, 6.07) is 8.56. The molecule has 0 aliphatic carbocycles. The molecule has 1 amide bonds. The number of aromatic nitrogens is 1. The molecule has 2 heterocycles. The number of amides is 1. The Morgan fingerprint density at radius 1 is 1.25 bits per heavy atom. The summed E-state index contributed by atoms with van der Waals surface area (Å²) in [7, 11) is 3.53. The van der Waals surface area contributed by atoms with E-state index in [2.05, 4.69) is 34.1 Å². The third kappa shape index (κ3) is 4.41. The first-order valence-electron chi connectivity index (χ1n) is 8.16. The lowest BCUT2D eigenvalue weighted by atomic mass is 10.1. The van der Waals surface area contributed by atoms with Crippen LogP contribution in [0.15, 0.2) is 29.6 Å². The number of hydrogen-bond acceptors (Lipinski definition) is 5. The van der Waals surface area contributed by atoms with E-state index in [0.717, 1.165) is 49.1 Å². The lowest BCUT2D eigenvalue weighted by Crippen LogP contribution is -2.35. The van der Waals surface area contributed by atoms with Crippen molar-refractivity contribution in [2.24, 2.45) is 0 Å². The van der Waals surface area contributed by atoms with Crippen LogP contribution in [-0.2, 0) is 22.5 Å². The van der Waals surface area contributed by atoms with Crippen LogP contribution in [0.5, 0.6) is 0 Å². The van der Waals surface area contributed by atoms with Gasteiger partial charge in [-0.25, -0.2) is 4.98 Å². The number of likely N-dealkylation sites (N-methyl/N-ethyl adjacent to an activating group) is 1. The normalized spacial score (nSPS) is 15.4. The summed E-state index contributed by atoms with van der Waals surface area (Å²) in [6.07, 6.45) is 0.360. The van der Waals surface area contributed by atoms with Gasteiger partial charge in [-0.05, 0) is 5.56 Å². The van der Waals surface area contributed by atoms with E-state index in [4.69, 9.17) is 4.74 Å². The lowest BCUT2D eigenvalue weighted by molar-refractivity contribution is -0.128. The van der Waals surface area contributed by atoms with Crippen molar-refractivity contribution in [2.45, 2.75) is 13.0 Å². The first-order valence-corrected chi connectivity index (χ1v) is 9.04. The van der Waals surface area contributed by atoms with Gasteiger partial charge >= 0.3 is 0 Å². The standard InChI is InChI=1S/C18H23N3O2S/c1-20(2)17(22)11-16-13-24-18(19-16)15-5-3-14(4-6-15)12-21-7-9-23-10-8-21/h3-6,13H,7-12H2,1-2H3. The molecule has 0 saturated carbocycles.